The van der Waals surface area contributed by atoms with Gasteiger partial charge >= 0.3 is 5.69 Å². The summed E-state index contributed by atoms with van der Waals surface area (Å²) in [6, 6.07) is 12.6. The molecular formula is C30H39N5O5S. The van der Waals surface area contributed by atoms with Gasteiger partial charge in [0.05, 0.1) is 24.1 Å². The molecule has 4 aromatic rings. The first-order valence-electron chi connectivity index (χ1n) is 14.0. The molecule has 0 aliphatic heterocycles. The molecule has 2 aromatic carbocycles. The minimum absolute atomic E-state index is 0.0444. The largest absolute Gasteiger partial charge is 0.377 e. The second kappa shape index (κ2) is 12.9. The van der Waals surface area contributed by atoms with E-state index in [4.69, 9.17) is 9.26 Å². The minimum atomic E-state index is -3.99. The van der Waals surface area contributed by atoms with E-state index in [9.17, 15) is 13.2 Å². The van der Waals surface area contributed by atoms with Gasteiger partial charge in [-0.05, 0) is 63.8 Å². The van der Waals surface area contributed by atoms with Crippen LogP contribution in [0.1, 0.15) is 74.9 Å². The smallest absolute Gasteiger partial charge is 0.346 e. The molecule has 0 aliphatic rings. The predicted molar refractivity (Wildman–Crippen MR) is 159 cm³/mol. The third kappa shape index (κ3) is 6.62. The van der Waals surface area contributed by atoms with E-state index in [1.807, 2.05) is 39.0 Å². The van der Waals surface area contributed by atoms with Crippen LogP contribution in [0.2, 0.25) is 0 Å². The minimum Gasteiger partial charge on any atom is -0.377 e. The molecule has 1 N–H and O–H groups in total. The topological polar surface area (TPSA) is 121 Å². The zero-order valence-electron chi connectivity index (χ0n) is 24.6. The molecule has 0 aliphatic carbocycles. The van der Waals surface area contributed by atoms with Gasteiger partial charge in [0.15, 0.2) is 5.82 Å². The zero-order valence-corrected chi connectivity index (χ0v) is 25.4. The Morgan fingerprint density at radius 2 is 1.83 bits per heavy atom. The standard InChI is InChI=1S/C30H39N5O5S/c1-7-9-14-28-31-35(20(3)4)30(36)34(28)18-23-15-16-25(24(17-23)19-39-8-2)26-12-10-11-13-27(26)41(37,38)33-29-21(5)22(6)40-32-29/h10-13,15-17,20H,7-9,14,18-19H2,1-6H3,(H,32,33). The summed E-state index contributed by atoms with van der Waals surface area (Å²) in [6.45, 7) is 12.5. The lowest BCUT2D eigenvalue weighted by atomic mass is 9.97. The van der Waals surface area contributed by atoms with Crippen molar-refractivity contribution in [1.29, 1.82) is 0 Å². The Kier molecular flexibility index (Phi) is 9.49. The lowest BCUT2D eigenvalue weighted by Crippen LogP contribution is -2.27. The molecular weight excluding hydrogens is 542 g/mol. The number of hydrogen-bond acceptors (Lipinski definition) is 7. The molecule has 2 aromatic heterocycles. The van der Waals surface area contributed by atoms with Crippen LogP contribution in [-0.2, 0) is 34.3 Å². The lowest BCUT2D eigenvalue weighted by molar-refractivity contribution is 0.134. The Hall–Kier alpha value is -3.70. The summed E-state index contributed by atoms with van der Waals surface area (Å²) >= 11 is 0. The first-order valence-corrected chi connectivity index (χ1v) is 15.5. The van der Waals surface area contributed by atoms with E-state index < -0.39 is 10.0 Å². The van der Waals surface area contributed by atoms with Crippen LogP contribution in [0.15, 0.2) is 56.7 Å². The SMILES string of the molecule is CCCCc1nn(C(C)C)c(=O)n1Cc1ccc(-c2ccccc2S(=O)(=O)Nc2noc(C)c2C)c(COCC)c1. The number of benzene rings is 2. The van der Waals surface area contributed by atoms with E-state index in [1.165, 1.54) is 4.68 Å². The number of ether oxygens (including phenoxy) is 1. The highest BCUT2D eigenvalue weighted by Gasteiger charge is 2.24. The number of unbranched alkanes of at least 4 members (excludes halogenated alkanes) is 1. The summed E-state index contributed by atoms with van der Waals surface area (Å²) in [5, 5.41) is 8.48. The Labute approximate surface area is 241 Å². The van der Waals surface area contributed by atoms with Crippen LogP contribution >= 0.6 is 0 Å². The van der Waals surface area contributed by atoms with Crippen LogP contribution < -0.4 is 10.4 Å². The molecule has 0 amide bonds. The molecule has 0 spiro atoms. The fraction of sp³-hybridized carbons (Fsp3) is 0.433. The van der Waals surface area contributed by atoms with Gasteiger partial charge in [-0.3, -0.25) is 9.29 Å². The summed E-state index contributed by atoms with van der Waals surface area (Å²) in [4.78, 5) is 13.3. The third-order valence-corrected chi connectivity index (χ3v) is 8.43. The number of aryl methyl sites for hydroxylation is 2. The number of anilines is 1. The third-order valence-electron chi connectivity index (χ3n) is 7.03. The van der Waals surface area contributed by atoms with Crippen LogP contribution in [0.25, 0.3) is 11.1 Å². The van der Waals surface area contributed by atoms with Crippen molar-refractivity contribution in [3.8, 4) is 11.1 Å². The van der Waals surface area contributed by atoms with Crippen LogP contribution in [-0.4, -0.2) is 34.5 Å². The van der Waals surface area contributed by atoms with Crippen molar-refractivity contribution in [2.75, 3.05) is 11.3 Å². The van der Waals surface area contributed by atoms with Crippen LogP contribution in [0.5, 0.6) is 0 Å². The summed E-state index contributed by atoms with van der Waals surface area (Å²) in [7, 11) is -3.99. The number of aromatic nitrogens is 4. The average Bonchev–Trinajstić information content (AvgIpc) is 3.43. The second-order valence-electron chi connectivity index (χ2n) is 10.4. The normalized spacial score (nSPS) is 11.9. The monoisotopic (exact) mass is 581 g/mol. The van der Waals surface area contributed by atoms with Gasteiger partial charge in [-0.15, -0.1) is 0 Å². The van der Waals surface area contributed by atoms with Crippen LogP contribution in [0.3, 0.4) is 0 Å². The van der Waals surface area contributed by atoms with Crippen molar-refractivity contribution in [2.24, 2.45) is 0 Å². The van der Waals surface area contributed by atoms with Gasteiger partial charge in [0.25, 0.3) is 10.0 Å². The first-order chi connectivity index (χ1) is 19.6. The highest BCUT2D eigenvalue weighted by molar-refractivity contribution is 7.92. The molecule has 0 bridgehead atoms. The molecule has 0 fully saturated rings. The quantitative estimate of drug-likeness (QED) is 0.217. The summed E-state index contributed by atoms with van der Waals surface area (Å²) in [5.41, 5.74) is 3.48. The Bertz CT molecular complexity index is 1670. The molecule has 0 atom stereocenters. The fourth-order valence-corrected chi connectivity index (χ4v) is 5.89. The lowest BCUT2D eigenvalue weighted by Gasteiger charge is -2.16. The number of sulfonamides is 1. The number of rotatable bonds is 13. The molecule has 0 radical (unpaired) electrons. The van der Waals surface area contributed by atoms with Gasteiger partial charge in [0.2, 0.25) is 0 Å². The zero-order chi connectivity index (χ0) is 29.7. The van der Waals surface area contributed by atoms with E-state index in [2.05, 4.69) is 21.9 Å². The average molecular weight is 582 g/mol. The number of nitrogens with one attached hydrogen (secondary N) is 1. The molecule has 10 nitrogen and oxygen atoms in total. The van der Waals surface area contributed by atoms with Crippen molar-refractivity contribution in [3.05, 3.63) is 81.2 Å². The molecule has 0 saturated heterocycles. The van der Waals surface area contributed by atoms with Crippen LogP contribution in [0.4, 0.5) is 5.82 Å². The van der Waals surface area contributed by atoms with Gasteiger partial charge in [0, 0.05) is 24.2 Å². The van der Waals surface area contributed by atoms with E-state index in [-0.39, 0.29) is 29.1 Å². The van der Waals surface area contributed by atoms with E-state index in [0.29, 0.717) is 30.0 Å². The van der Waals surface area contributed by atoms with Crippen molar-refractivity contribution >= 4 is 15.8 Å². The van der Waals surface area contributed by atoms with Gasteiger partial charge in [-0.1, -0.05) is 54.9 Å². The van der Waals surface area contributed by atoms with Crippen molar-refractivity contribution in [3.63, 3.8) is 0 Å². The summed E-state index contributed by atoms with van der Waals surface area (Å²) < 4.78 is 43.9. The number of hydrogen-bond donors (Lipinski definition) is 1. The molecule has 41 heavy (non-hydrogen) atoms. The Balaban J connectivity index is 1.76. The van der Waals surface area contributed by atoms with E-state index >= 15 is 0 Å². The maximum atomic E-state index is 13.5. The highest BCUT2D eigenvalue weighted by atomic mass is 32.2. The molecule has 11 heteroatoms. The van der Waals surface area contributed by atoms with Crippen molar-refractivity contribution < 1.29 is 17.7 Å². The van der Waals surface area contributed by atoms with Crippen LogP contribution in [0, 0.1) is 13.8 Å². The molecule has 0 unspecified atom stereocenters. The van der Waals surface area contributed by atoms with E-state index in [0.717, 1.165) is 41.8 Å². The van der Waals surface area contributed by atoms with Gasteiger partial charge in [-0.25, -0.2) is 17.9 Å². The van der Waals surface area contributed by atoms with Gasteiger partial charge in [0.1, 0.15) is 11.6 Å². The highest BCUT2D eigenvalue weighted by Crippen LogP contribution is 2.33. The van der Waals surface area contributed by atoms with Gasteiger partial charge in [-0.2, -0.15) is 5.10 Å². The molecule has 2 heterocycles. The first kappa shape index (κ1) is 30.3. The fourth-order valence-electron chi connectivity index (χ4n) is 4.61. The maximum Gasteiger partial charge on any atom is 0.346 e. The van der Waals surface area contributed by atoms with Gasteiger partial charge < -0.3 is 9.26 Å². The summed E-state index contributed by atoms with van der Waals surface area (Å²) in [5.74, 6) is 1.47. The number of nitrogens with zero attached hydrogens (tertiary/aromatic N) is 4. The van der Waals surface area contributed by atoms with Crippen molar-refractivity contribution in [1.82, 2.24) is 19.5 Å². The Morgan fingerprint density at radius 3 is 2.49 bits per heavy atom. The molecule has 0 saturated carbocycles. The van der Waals surface area contributed by atoms with E-state index in [1.54, 1.807) is 42.7 Å². The molecule has 220 valence electrons. The Morgan fingerprint density at radius 1 is 1.07 bits per heavy atom. The molecule has 4 rings (SSSR count). The maximum absolute atomic E-state index is 13.5. The second-order valence-corrected chi connectivity index (χ2v) is 12.0. The predicted octanol–water partition coefficient (Wildman–Crippen LogP) is 5.63. The van der Waals surface area contributed by atoms with Crippen molar-refractivity contribution in [2.45, 2.75) is 84.9 Å². The summed E-state index contributed by atoms with van der Waals surface area (Å²) in [6.07, 6.45) is 2.66.